The molecule has 0 rings (SSSR count). The van der Waals surface area contributed by atoms with Gasteiger partial charge in [-0.15, -0.1) is 0 Å². The molecular formula is C5H11BrO. The van der Waals surface area contributed by atoms with Gasteiger partial charge in [-0.3, -0.25) is 0 Å². The van der Waals surface area contributed by atoms with E-state index in [9.17, 15) is 0 Å². The first kappa shape index (κ1) is 7.44. The largest absolute Gasteiger partial charge is 0.367 e. The van der Waals surface area contributed by atoms with Gasteiger partial charge in [0.2, 0.25) is 0 Å². The van der Waals surface area contributed by atoms with E-state index in [4.69, 9.17) is 4.74 Å². The second-order valence-corrected chi connectivity index (χ2v) is 1.95. The average Bonchev–Trinajstić information content (AvgIpc) is 1.68. The summed E-state index contributed by atoms with van der Waals surface area (Å²) in [4.78, 5) is 0. The predicted octanol–water partition coefficient (Wildman–Crippen LogP) is 2.15. The third-order valence-electron chi connectivity index (χ3n) is 0.922. The van der Waals surface area contributed by atoms with Gasteiger partial charge < -0.3 is 4.74 Å². The molecule has 0 bridgehead atoms. The monoisotopic (exact) mass is 166 g/mol. The fourth-order valence-corrected chi connectivity index (χ4v) is 0.677. The Kier molecular flexibility index (Phi) is 4.88. The minimum atomic E-state index is 0.402. The Morgan fingerprint density at radius 1 is 1.71 bits per heavy atom. The molecule has 0 spiro atoms. The lowest BCUT2D eigenvalue weighted by molar-refractivity contribution is 0.105. The third-order valence-corrected chi connectivity index (χ3v) is 1.19. The summed E-state index contributed by atoms with van der Waals surface area (Å²) in [6, 6.07) is 0. The zero-order chi connectivity index (χ0) is 5.70. The highest BCUT2D eigenvalue weighted by Gasteiger charge is 1.92. The molecule has 0 saturated heterocycles. The maximum Gasteiger partial charge on any atom is 0.102 e. The number of ether oxygens (including phenoxy) is 1. The molecule has 7 heavy (non-hydrogen) atoms. The van der Waals surface area contributed by atoms with Crippen LogP contribution in [0.25, 0.3) is 0 Å². The van der Waals surface area contributed by atoms with Crippen LogP contribution in [0, 0.1) is 0 Å². The minimum absolute atomic E-state index is 0.402. The molecule has 0 amide bonds. The van der Waals surface area contributed by atoms with Crippen LogP contribution >= 0.6 is 15.9 Å². The number of alkyl halides is 1. The summed E-state index contributed by atoms with van der Waals surface area (Å²) in [7, 11) is 0. The smallest absolute Gasteiger partial charge is 0.102 e. The molecule has 0 aliphatic heterocycles. The minimum Gasteiger partial charge on any atom is -0.367 e. The molecule has 0 aliphatic rings. The van der Waals surface area contributed by atoms with Crippen LogP contribution in [0.15, 0.2) is 0 Å². The molecule has 44 valence electrons. The average molecular weight is 167 g/mol. The van der Waals surface area contributed by atoms with Gasteiger partial charge in [0, 0.05) is 0 Å². The van der Waals surface area contributed by atoms with E-state index in [1.165, 1.54) is 0 Å². The summed E-state index contributed by atoms with van der Waals surface area (Å²) >= 11 is 3.17. The Hall–Kier alpha value is 0.440. The van der Waals surface area contributed by atoms with E-state index in [-0.39, 0.29) is 0 Å². The second-order valence-electron chi connectivity index (χ2n) is 1.49. The van der Waals surface area contributed by atoms with Gasteiger partial charge in [0.15, 0.2) is 0 Å². The molecule has 1 atom stereocenters. The highest BCUT2D eigenvalue weighted by Crippen LogP contribution is 1.96. The van der Waals surface area contributed by atoms with E-state index in [1.807, 2.05) is 0 Å². The van der Waals surface area contributed by atoms with Crippen LogP contribution in [0.2, 0.25) is 0 Å². The molecule has 0 N–H and O–H groups in total. The SMILES string of the molecule is CCC(C)OCBr. The molecule has 0 aromatic heterocycles. The highest BCUT2D eigenvalue weighted by molar-refractivity contribution is 9.09. The molecule has 0 saturated carbocycles. The summed E-state index contributed by atoms with van der Waals surface area (Å²) < 4.78 is 5.11. The van der Waals surface area contributed by atoms with Gasteiger partial charge in [-0.25, -0.2) is 0 Å². The molecule has 0 fully saturated rings. The van der Waals surface area contributed by atoms with Crippen LogP contribution in [0.3, 0.4) is 0 Å². The number of hydrogen-bond donors (Lipinski definition) is 0. The topological polar surface area (TPSA) is 9.23 Å². The number of rotatable bonds is 3. The highest BCUT2D eigenvalue weighted by atomic mass is 79.9. The molecule has 0 aliphatic carbocycles. The lowest BCUT2D eigenvalue weighted by atomic mass is 10.3. The second kappa shape index (κ2) is 4.60. The maximum absolute atomic E-state index is 5.11. The molecule has 0 radical (unpaired) electrons. The van der Waals surface area contributed by atoms with E-state index in [0.29, 0.717) is 11.6 Å². The van der Waals surface area contributed by atoms with E-state index in [1.54, 1.807) is 0 Å². The maximum atomic E-state index is 5.11. The van der Waals surface area contributed by atoms with Crippen molar-refractivity contribution in [1.29, 1.82) is 0 Å². The van der Waals surface area contributed by atoms with Gasteiger partial charge in [-0.1, -0.05) is 22.9 Å². The van der Waals surface area contributed by atoms with Gasteiger partial charge in [0.05, 0.1) is 6.10 Å². The predicted molar refractivity (Wildman–Crippen MR) is 34.6 cm³/mol. The Morgan fingerprint density at radius 3 is 2.43 bits per heavy atom. The van der Waals surface area contributed by atoms with Gasteiger partial charge >= 0.3 is 0 Å². The quantitative estimate of drug-likeness (QED) is 0.585. The Morgan fingerprint density at radius 2 is 2.29 bits per heavy atom. The molecule has 1 unspecified atom stereocenters. The van der Waals surface area contributed by atoms with Crippen LogP contribution < -0.4 is 0 Å². The lowest BCUT2D eigenvalue weighted by Crippen LogP contribution is -2.03. The zero-order valence-electron chi connectivity index (χ0n) is 4.78. The Labute approximate surface area is 53.2 Å². The van der Waals surface area contributed by atoms with Crippen molar-refractivity contribution < 1.29 is 4.74 Å². The Bertz CT molecular complexity index is 39.1. The van der Waals surface area contributed by atoms with Crippen LogP contribution in [0.4, 0.5) is 0 Å². The fraction of sp³-hybridized carbons (Fsp3) is 1.00. The van der Waals surface area contributed by atoms with Crippen LogP contribution in [-0.2, 0) is 4.74 Å². The van der Waals surface area contributed by atoms with Gasteiger partial charge in [0.1, 0.15) is 5.52 Å². The fourth-order valence-electron chi connectivity index (χ4n) is 0.225. The molecule has 0 aromatic carbocycles. The van der Waals surface area contributed by atoms with Crippen molar-refractivity contribution in [3.63, 3.8) is 0 Å². The van der Waals surface area contributed by atoms with Crippen molar-refractivity contribution in [2.45, 2.75) is 26.4 Å². The first-order valence-electron chi connectivity index (χ1n) is 2.48. The number of halogens is 1. The summed E-state index contributed by atoms with van der Waals surface area (Å²) in [5, 5.41) is 0. The van der Waals surface area contributed by atoms with E-state index < -0.39 is 0 Å². The van der Waals surface area contributed by atoms with Crippen molar-refractivity contribution >= 4 is 15.9 Å². The standard InChI is InChI=1S/C5H11BrO/c1-3-5(2)7-4-6/h5H,3-4H2,1-2H3. The molecule has 1 nitrogen and oxygen atoms in total. The zero-order valence-corrected chi connectivity index (χ0v) is 6.36. The van der Waals surface area contributed by atoms with Crippen LogP contribution in [0.5, 0.6) is 0 Å². The van der Waals surface area contributed by atoms with Gasteiger partial charge in [0.25, 0.3) is 0 Å². The molecular weight excluding hydrogens is 156 g/mol. The van der Waals surface area contributed by atoms with Crippen molar-refractivity contribution in [3.05, 3.63) is 0 Å². The summed E-state index contributed by atoms with van der Waals surface area (Å²) in [5.41, 5.74) is 0.655. The van der Waals surface area contributed by atoms with E-state index in [0.717, 1.165) is 6.42 Å². The van der Waals surface area contributed by atoms with E-state index in [2.05, 4.69) is 29.8 Å². The Balaban J connectivity index is 2.83. The molecule has 2 heteroatoms. The van der Waals surface area contributed by atoms with Crippen LogP contribution in [-0.4, -0.2) is 11.6 Å². The van der Waals surface area contributed by atoms with Crippen molar-refractivity contribution in [1.82, 2.24) is 0 Å². The third kappa shape index (κ3) is 4.29. The lowest BCUT2D eigenvalue weighted by Gasteiger charge is -2.04. The van der Waals surface area contributed by atoms with Crippen molar-refractivity contribution in [2.24, 2.45) is 0 Å². The normalized spacial score (nSPS) is 14.1. The first-order chi connectivity index (χ1) is 3.31. The van der Waals surface area contributed by atoms with Crippen molar-refractivity contribution in [3.8, 4) is 0 Å². The van der Waals surface area contributed by atoms with E-state index >= 15 is 0 Å². The molecule has 0 heterocycles. The van der Waals surface area contributed by atoms with Crippen molar-refractivity contribution in [2.75, 3.05) is 5.52 Å². The molecule has 0 aromatic rings. The number of hydrogen-bond acceptors (Lipinski definition) is 1. The summed E-state index contributed by atoms with van der Waals surface area (Å²) in [5.74, 6) is 0. The summed E-state index contributed by atoms with van der Waals surface area (Å²) in [6.45, 7) is 4.16. The van der Waals surface area contributed by atoms with Crippen LogP contribution in [0.1, 0.15) is 20.3 Å². The van der Waals surface area contributed by atoms with Gasteiger partial charge in [-0.2, -0.15) is 0 Å². The summed E-state index contributed by atoms with van der Waals surface area (Å²) in [6.07, 6.45) is 1.49. The first-order valence-corrected chi connectivity index (χ1v) is 3.61. The van der Waals surface area contributed by atoms with Gasteiger partial charge in [-0.05, 0) is 13.3 Å².